The number of carbonyl (C=O) groups is 2. The largest absolute Gasteiger partial charge is 0.504 e. The van der Waals surface area contributed by atoms with Crippen LogP contribution in [0.15, 0.2) is 91.1 Å². The molecule has 1 heterocycles. The Morgan fingerprint density at radius 3 is 1.97 bits per heavy atom. The summed E-state index contributed by atoms with van der Waals surface area (Å²) in [4.78, 5) is 27.1. The quantitative estimate of drug-likeness (QED) is 0.339. The number of alkyl halides is 3. The van der Waals surface area contributed by atoms with Crippen LogP contribution in [0.3, 0.4) is 0 Å². The Morgan fingerprint density at radius 1 is 0.865 bits per heavy atom. The van der Waals surface area contributed by atoms with Gasteiger partial charge in [0, 0.05) is 13.1 Å². The second kappa shape index (κ2) is 11.0. The number of aromatic nitrogens is 2. The van der Waals surface area contributed by atoms with Crippen LogP contribution in [0, 0.1) is 0 Å². The maximum absolute atomic E-state index is 13.4. The summed E-state index contributed by atoms with van der Waals surface area (Å²) in [5.74, 6) is -2.32. The maximum atomic E-state index is 13.4. The molecule has 0 saturated heterocycles. The molecule has 7 nitrogen and oxygen atoms in total. The zero-order valence-electron chi connectivity index (χ0n) is 19.4. The lowest BCUT2D eigenvalue weighted by atomic mass is 10.1. The highest BCUT2D eigenvalue weighted by Crippen LogP contribution is 2.34. The molecule has 4 rings (SSSR count). The monoisotopic (exact) mass is 509 g/mol. The highest BCUT2D eigenvalue weighted by Gasteiger charge is 2.34. The topological polar surface area (TPSA) is 84.7 Å². The first-order chi connectivity index (χ1) is 17.7. The van der Waals surface area contributed by atoms with Gasteiger partial charge in [0.15, 0.2) is 12.4 Å². The minimum Gasteiger partial charge on any atom is -0.504 e. The molecule has 0 atom stereocenters. The third kappa shape index (κ3) is 6.35. The average Bonchev–Trinajstić information content (AvgIpc) is 3.29. The maximum Gasteiger partial charge on any atom is 0.418 e. The third-order valence-electron chi connectivity index (χ3n) is 5.46. The molecule has 0 bridgehead atoms. The number of esters is 1. The number of ether oxygens (including phenoxy) is 1. The molecule has 0 unspecified atom stereocenters. The number of aromatic hydroxyl groups is 1. The molecule has 1 N–H and O–H groups in total. The van der Waals surface area contributed by atoms with E-state index in [1.807, 2.05) is 60.7 Å². The van der Waals surface area contributed by atoms with Gasteiger partial charge in [-0.3, -0.25) is 4.79 Å². The van der Waals surface area contributed by atoms with Gasteiger partial charge in [-0.15, -0.1) is 0 Å². The van der Waals surface area contributed by atoms with Crippen LogP contribution in [-0.4, -0.2) is 38.3 Å². The lowest BCUT2D eigenvalue weighted by molar-refractivity contribution is -0.137. The fraction of sp³-hybridized carbons (Fsp3) is 0.148. The van der Waals surface area contributed by atoms with Gasteiger partial charge in [-0.25, -0.2) is 9.48 Å². The molecule has 0 fully saturated rings. The summed E-state index contributed by atoms with van der Waals surface area (Å²) in [5.41, 5.74) is -0.236. The Balaban J connectivity index is 1.48. The van der Waals surface area contributed by atoms with Crippen molar-refractivity contribution in [2.45, 2.75) is 19.3 Å². The molecule has 10 heteroatoms. The number of hydrogen-bond donors (Lipinski definition) is 1. The van der Waals surface area contributed by atoms with Crippen molar-refractivity contribution in [3.05, 3.63) is 114 Å². The Kier molecular flexibility index (Phi) is 7.57. The van der Waals surface area contributed by atoms with Crippen LogP contribution in [-0.2, 0) is 28.8 Å². The lowest BCUT2D eigenvalue weighted by Crippen LogP contribution is -2.34. The first-order valence-corrected chi connectivity index (χ1v) is 11.2. The average molecular weight is 509 g/mol. The zero-order chi connectivity index (χ0) is 26.4. The summed E-state index contributed by atoms with van der Waals surface area (Å²) >= 11 is 0. The van der Waals surface area contributed by atoms with Gasteiger partial charge in [-0.2, -0.15) is 18.3 Å². The Hall–Kier alpha value is -4.60. The van der Waals surface area contributed by atoms with Gasteiger partial charge in [0.25, 0.3) is 5.91 Å². The highest BCUT2D eigenvalue weighted by atomic mass is 19.4. The second-order valence-corrected chi connectivity index (χ2v) is 8.12. The molecule has 0 aliphatic heterocycles. The molecular weight excluding hydrogens is 487 g/mol. The second-order valence-electron chi connectivity index (χ2n) is 8.12. The Bertz CT molecular complexity index is 1330. The molecule has 4 aromatic rings. The smallest absolute Gasteiger partial charge is 0.418 e. The predicted octanol–water partition coefficient (Wildman–Crippen LogP) is 4.98. The van der Waals surface area contributed by atoms with Crippen molar-refractivity contribution in [3.8, 4) is 11.4 Å². The highest BCUT2D eigenvalue weighted by molar-refractivity contribution is 5.92. The summed E-state index contributed by atoms with van der Waals surface area (Å²) in [6, 6.07) is 23.1. The lowest BCUT2D eigenvalue weighted by Gasteiger charge is -2.23. The minimum absolute atomic E-state index is 0.264. The van der Waals surface area contributed by atoms with Gasteiger partial charge in [0.1, 0.15) is 0 Å². The van der Waals surface area contributed by atoms with Crippen molar-refractivity contribution in [1.29, 1.82) is 0 Å². The van der Waals surface area contributed by atoms with E-state index in [-0.39, 0.29) is 18.8 Å². The SMILES string of the molecule is O=C(OCC(=O)N(Cc1ccccc1)Cc1ccccc1)c1nn(-c2ccccc2C(F)(F)F)cc1O. The molecule has 3 aromatic carbocycles. The van der Waals surface area contributed by atoms with E-state index in [2.05, 4.69) is 5.10 Å². The minimum atomic E-state index is -4.67. The molecule has 0 spiro atoms. The zero-order valence-corrected chi connectivity index (χ0v) is 19.4. The van der Waals surface area contributed by atoms with Crippen LogP contribution in [0.4, 0.5) is 13.2 Å². The van der Waals surface area contributed by atoms with E-state index >= 15 is 0 Å². The summed E-state index contributed by atoms with van der Waals surface area (Å²) in [7, 11) is 0. The van der Waals surface area contributed by atoms with E-state index in [1.54, 1.807) is 0 Å². The molecule has 0 aliphatic rings. The number of hydrogen-bond acceptors (Lipinski definition) is 5. The van der Waals surface area contributed by atoms with Gasteiger partial charge in [0.05, 0.1) is 17.4 Å². The molecule has 0 radical (unpaired) electrons. The summed E-state index contributed by atoms with van der Waals surface area (Å²) in [6.07, 6.45) is -3.80. The number of benzene rings is 3. The van der Waals surface area contributed by atoms with Gasteiger partial charge < -0.3 is 14.7 Å². The first-order valence-electron chi connectivity index (χ1n) is 11.2. The van der Waals surface area contributed by atoms with Crippen molar-refractivity contribution < 1.29 is 32.6 Å². The van der Waals surface area contributed by atoms with Crippen LogP contribution in [0.25, 0.3) is 5.69 Å². The summed E-state index contributed by atoms with van der Waals surface area (Å²) in [6.45, 7) is -0.121. The van der Waals surface area contributed by atoms with Gasteiger partial charge in [-0.05, 0) is 23.3 Å². The normalized spacial score (nSPS) is 11.2. The van der Waals surface area contributed by atoms with Crippen molar-refractivity contribution in [2.24, 2.45) is 0 Å². The van der Waals surface area contributed by atoms with E-state index in [0.29, 0.717) is 0 Å². The first kappa shape index (κ1) is 25.5. The van der Waals surface area contributed by atoms with Crippen molar-refractivity contribution >= 4 is 11.9 Å². The van der Waals surface area contributed by atoms with Crippen LogP contribution in [0.5, 0.6) is 5.75 Å². The van der Waals surface area contributed by atoms with Crippen molar-refractivity contribution in [1.82, 2.24) is 14.7 Å². The van der Waals surface area contributed by atoms with E-state index in [9.17, 15) is 27.9 Å². The molecule has 1 aromatic heterocycles. The third-order valence-corrected chi connectivity index (χ3v) is 5.46. The van der Waals surface area contributed by atoms with Crippen LogP contribution < -0.4 is 0 Å². The molecule has 190 valence electrons. The van der Waals surface area contributed by atoms with E-state index < -0.39 is 41.7 Å². The van der Waals surface area contributed by atoms with Crippen LogP contribution in [0.2, 0.25) is 0 Å². The fourth-order valence-corrected chi connectivity index (χ4v) is 3.67. The molecular formula is C27H22F3N3O4. The Morgan fingerprint density at radius 2 is 1.41 bits per heavy atom. The number of para-hydroxylation sites is 1. The number of carbonyl (C=O) groups excluding carboxylic acids is 2. The van der Waals surface area contributed by atoms with Crippen LogP contribution >= 0.6 is 0 Å². The van der Waals surface area contributed by atoms with Crippen molar-refractivity contribution in [2.75, 3.05) is 6.61 Å². The molecule has 37 heavy (non-hydrogen) atoms. The molecule has 0 saturated carbocycles. The fourth-order valence-electron chi connectivity index (χ4n) is 3.67. The Labute approximate surface area is 210 Å². The van der Waals surface area contributed by atoms with E-state index in [0.717, 1.165) is 34.1 Å². The van der Waals surface area contributed by atoms with Crippen LogP contribution in [0.1, 0.15) is 27.2 Å². The summed E-state index contributed by atoms with van der Waals surface area (Å²) in [5, 5.41) is 13.9. The van der Waals surface area contributed by atoms with Gasteiger partial charge >= 0.3 is 12.1 Å². The molecule has 1 amide bonds. The standard InChI is InChI=1S/C27H22F3N3O4/c28-27(29,30)21-13-7-8-14-22(21)33-17-23(34)25(31-33)26(36)37-18-24(35)32(15-19-9-3-1-4-10-19)16-20-11-5-2-6-12-20/h1-14,17,34H,15-16,18H2. The number of halogens is 3. The van der Waals surface area contributed by atoms with Gasteiger partial charge in [-0.1, -0.05) is 72.8 Å². The van der Waals surface area contributed by atoms with Gasteiger partial charge in [0.2, 0.25) is 5.69 Å². The predicted molar refractivity (Wildman–Crippen MR) is 128 cm³/mol. The molecule has 0 aliphatic carbocycles. The number of nitrogens with zero attached hydrogens (tertiary/aromatic N) is 3. The van der Waals surface area contributed by atoms with Crippen molar-refractivity contribution in [3.63, 3.8) is 0 Å². The van der Waals surface area contributed by atoms with E-state index in [1.165, 1.54) is 17.0 Å². The van der Waals surface area contributed by atoms with E-state index in [4.69, 9.17) is 4.74 Å². The number of amides is 1. The number of rotatable bonds is 8. The summed E-state index contributed by atoms with van der Waals surface area (Å²) < 4.78 is 45.9.